The molecule has 0 spiro atoms. The number of hydrogen-bond donors (Lipinski definition) is 0. The third kappa shape index (κ3) is 3.31. The fourth-order valence-corrected chi connectivity index (χ4v) is 2.92. The summed E-state index contributed by atoms with van der Waals surface area (Å²) in [6.07, 6.45) is 0. The van der Waals surface area contributed by atoms with Crippen LogP contribution in [0.15, 0.2) is 66.7 Å². The Morgan fingerprint density at radius 3 is 1.36 bits per heavy atom. The molecular weight excluding hydrogens is 332 g/mol. The van der Waals surface area contributed by atoms with Crippen molar-refractivity contribution in [3.63, 3.8) is 0 Å². The van der Waals surface area contributed by atoms with Crippen LogP contribution in [-0.4, -0.2) is 0 Å². The highest BCUT2D eigenvalue weighted by Gasteiger charge is 2.05. The van der Waals surface area contributed by atoms with Gasteiger partial charge in [0.15, 0.2) is 0 Å². The number of halogens is 1. The quantitative estimate of drug-likeness (QED) is 0.471. The van der Waals surface area contributed by atoms with Crippen LogP contribution in [0.25, 0.3) is 22.3 Å². The first kappa shape index (κ1) is 15.1. The van der Waals surface area contributed by atoms with Crippen LogP contribution in [0.5, 0.6) is 0 Å². The minimum Gasteiger partial charge on any atom is -0.0876 e. The summed E-state index contributed by atoms with van der Waals surface area (Å²) in [6, 6.07) is 24.3. The molecular formula is C21H19Br. The average molecular weight is 351 g/mol. The molecule has 0 atom stereocenters. The van der Waals surface area contributed by atoms with Crippen molar-refractivity contribution < 1.29 is 0 Å². The van der Waals surface area contributed by atoms with Gasteiger partial charge < -0.3 is 0 Å². The zero-order chi connectivity index (χ0) is 15.5. The van der Waals surface area contributed by atoms with Gasteiger partial charge in [0.2, 0.25) is 0 Å². The van der Waals surface area contributed by atoms with Gasteiger partial charge in [-0.1, -0.05) is 87.7 Å². The number of aryl methyl sites for hydroxylation is 2. The molecule has 0 aliphatic carbocycles. The molecule has 0 radical (unpaired) electrons. The Labute approximate surface area is 141 Å². The lowest BCUT2D eigenvalue weighted by molar-refractivity contribution is 1.41. The molecule has 0 saturated heterocycles. The Morgan fingerprint density at radius 2 is 1.00 bits per heavy atom. The van der Waals surface area contributed by atoms with Crippen molar-refractivity contribution >= 4 is 15.9 Å². The van der Waals surface area contributed by atoms with Gasteiger partial charge >= 0.3 is 0 Å². The van der Waals surface area contributed by atoms with E-state index in [1.54, 1.807) is 0 Å². The number of benzene rings is 3. The van der Waals surface area contributed by atoms with Gasteiger partial charge in [0, 0.05) is 5.33 Å². The predicted molar refractivity (Wildman–Crippen MR) is 99.4 cm³/mol. The van der Waals surface area contributed by atoms with Crippen molar-refractivity contribution in [2.75, 3.05) is 0 Å². The van der Waals surface area contributed by atoms with Crippen LogP contribution in [0.1, 0.15) is 16.7 Å². The molecule has 0 aromatic heterocycles. The van der Waals surface area contributed by atoms with E-state index in [1.807, 2.05) is 0 Å². The van der Waals surface area contributed by atoms with Crippen LogP contribution in [0, 0.1) is 13.8 Å². The van der Waals surface area contributed by atoms with Crippen LogP contribution in [0.4, 0.5) is 0 Å². The van der Waals surface area contributed by atoms with E-state index in [0.717, 1.165) is 5.33 Å². The maximum atomic E-state index is 3.59. The van der Waals surface area contributed by atoms with Crippen LogP contribution in [0.2, 0.25) is 0 Å². The van der Waals surface area contributed by atoms with Gasteiger partial charge in [0.05, 0.1) is 0 Å². The minimum atomic E-state index is 0.867. The van der Waals surface area contributed by atoms with Gasteiger partial charge in [-0.25, -0.2) is 0 Å². The summed E-state index contributed by atoms with van der Waals surface area (Å²) in [6.45, 7) is 4.24. The second-order valence-electron chi connectivity index (χ2n) is 5.78. The fourth-order valence-electron chi connectivity index (χ4n) is 2.59. The lowest BCUT2D eigenvalue weighted by Gasteiger charge is -2.10. The summed E-state index contributed by atoms with van der Waals surface area (Å²) < 4.78 is 0. The molecule has 1 heteroatoms. The summed E-state index contributed by atoms with van der Waals surface area (Å²) >= 11 is 3.59. The van der Waals surface area contributed by atoms with Crippen LogP contribution in [0.3, 0.4) is 0 Å². The first-order valence-electron chi connectivity index (χ1n) is 7.50. The first-order valence-corrected chi connectivity index (χ1v) is 8.62. The van der Waals surface area contributed by atoms with Crippen molar-refractivity contribution in [3.8, 4) is 22.3 Å². The molecule has 0 aliphatic heterocycles. The fraction of sp³-hybridized carbons (Fsp3) is 0.143. The van der Waals surface area contributed by atoms with Crippen LogP contribution < -0.4 is 0 Å². The average Bonchev–Trinajstić information content (AvgIpc) is 2.55. The van der Waals surface area contributed by atoms with Gasteiger partial charge in [-0.2, -0.15) is 0 Å². The van der Waals surface area contributed by atoms with Crippen molar-refractivity contribution in [2.24, 2.45) is 0 Å². The molecule has 3 aromatic rings. The van der Waals surface area contributed by atoms with E-state index in [0.29, 0.717) is 0 Å². The van der Waals surface area contributed by atoms with Gasteiger partial charge in [-0.15, -0.1) is 0 Å². The molecule has 0 fully saturated rings. The maximum Gasteiger partial charge on any atom is 0.0283 e. The van der Waals surface area contributed by atoms with Crippen molar-refractivity contribution in [1.82, 2.24) is 0 Å². The molecule has 0 heterocycles. The van der Waals surface area contributed by atoms with E-state index in [2.05, 4.69) is 96.5 Å². The maximum absolute atomic E-state index is 3.59. The van der Waals surface area contributed by atoms with E-state index in [-0.39, 0.29) is 0 Å². The lowest BCUT2D eigenvalue weighted by Crippen LogP contribution is -1.87. The van der Waals surface area contributed by atoms with Crippen molar-refractivity contribution in [2.45, 2.75) is 19.2 Å². The minimum absolute atomic E-state index is 0.867. The Kier molecular flexibility index (Phi) is 4.44. The van der Waals surface area contributed by atoms with Gasteiger partial charge in [0.1, 0.15) is 0 Å². The normalized spacial score (nSPS) is 10.7. The molecule has 0 saturated carbocycles. The Hall–Kier alpha value is -1.86. The lowest BCUT2D eigenvalue weighted by atomic mass is 9.96. The third-order valence-corrected chi connectivity index (χ3v) is 4.56. The number of hydrogen-bond acceptors (Lipinski definition) is 0. The molecule has 0 bridgehead atoms. The smallest absolute Gasteiger partial charge is 0.0283 e. The van der Waals surface area contributed by atoms with E-state index in [4.69, 9.17) is 0 Å². The molecule has 0 unspecified atom stereocenters. The SMILES string of the molecule is Cc1ccc(-c2cc(CBr)cc(-c3ccc(C)cc3)c2)cc1. The Balaban J connectivity index is 2.10. The molecule has 110 valence electrons. The summed E-state index contributed by atoms with van der Waals surface area (Å²) in [4.78, 5) is 0. The first-order chi connectivity index (χ1) is 10.7. The largest absolute Gasteiger partial charge is 0.0876 e. The predicted octanol–water partition coefficient (Wildman–Crippen LogP) is 6.53. The highest BCUT2D eigenvalue weighted by atomic mass is 79.9. The van der Waals surface area contributed by atoms with Crippen molar-refractivity contribution in [1.29, 1.82) is 0 Å². The van der Waals surface area contributed by atoms with E-state index in [9.17, 15) is 0 Å². The molecule has 3 aromatic carbocycles. The molecule has 0 aliphatic rings. The van der Waals surface area contributed by atoms with Crippen LogP contribution >= 0.6 is 15.9 Å². The van der Waals surface area contributed by atoms with Gasteiger partial charge in [-0.3, -0.25) is 0 Å². The van der Waals surface area contributed by atoms with Crippen LogP contribution in [-0.2, 0) is 5.33 Å². The second kappa shape index (κ2) is 6.50. The Bertz CT molecular complexity index is 704. The van der Waals surface area contributed by atoms with E-state index < -0.39 is 0 Å². The molecule has 0 N–H and O–H groups in total. The Morgan fingerprint density at radius 1 is 0.591 bits per heavy atom. The monoisotopic (exact) mass is 350 g/mol. The van der Waals surface area contributed by atoms with E-state index >= 15 is 0 Å². The third-order valence-electron chi connectivity index (χ3n) is 3.92. The standard InChI is InChI=1S/C21H19Br/c1-15-3-7-18(8-4-15)20-11-17(14-22)12-21(13-20)19-9-5-16(2)6-10-19/h3-13H,14H2,1-2H3. The summed E-state index contributed by atoms with van der Waals surface area (Å²) in [7, 11) is 0. The highest BCUT2D eigenvalue weighted by molar-refractivity contribution is 9.08. The summed E-state index contributed by atoms with van der Waals surface area (Å²) in [5.74, 6) is 0. The van der Waals surface area contributed by atoms with Crippen molar-refractivity contribution in [3.05, 3.63) is 83.4 Å². The number of alkyl halides is 1. The molecule has 22 heavy (non-hydrogen) atoms. The summed E-state index contributed by atoms with van der Waals surface area (Å²) in [5, 5.41) is 0.867. The summed E-state index contributed by atoms with van der Waals surface area (Å²) in [5.41, 5.74) is 8.95. The van der Waals surface area contributed by atoms with Gasteiger partial charge in [0.25, 0.3) is 0 Å². The molecule has 0 nitrogen and oxygen atoms in total. The topological polar surface area (TPSA) is 0 Å². The number of rotatable bonds is 3. The van der Waals surface area contributed by atoms with E-state index in [1.165, 1.54) is 38.9 Å². The zero-order valence-corrected chi connectivity index (χ0v) is 14.5. The highest BCUT2D eigenvalue weighted by Crippen LogP contribution is 2.29. The molecule has 0 amide bonds. The second-order valence-corrected chi connectivity index (χ2v) is 6.35. The van der Waals surface area contributed by atoms with Gasteiger partial charge in [-0.05, 0) is 47.7 Å². The zero-order valence-electron chi connectivity index (χ0n) is 12.9. The molecule has 3 rings (SSSR count).